The van der Waals surface area contributed by atoms with Crippen molar-refractivity contribution in [2.24, 2.45) is 0 Å². The van der Waals surface area contributed by atoms with Gasteiger partial charge in [0, 0.05) is 5.39 Å². The van der Waals surface area contributed by atoms with Crippen LogP contribution in [0.5, 0.6) is 0 Å². The van der Waals surface area contributed by atoms with Gasteiger partial charge in [-0.15, -0.1) is 0 Å². The molecule has 0 radical (unpaired) electrons. The molecule has 134 valence electrons. The van der Waals surface area contributed by atoms with Gasteiger partial charge < -0.3 is 10.1 Å². The number of carbonyl (C=O) groups excluding carboxylic acids is 2. The monoisotopic (exact) mass is 391 g/mol. The highest BCUT2D eigenvalue weighted by Crippen LogP contribution is 2.25. The van der Waals surface area contributed by atoms with E-state index in [9.17, 15) is 9.59 Å². The molecule has 1 heterocycles. The van der Waals surface area contributed by atoms with E-state index in [2.05, 4.69) is 15.5 Å². The highest BCUT2D eigenvalue weighted by atomic mass is 35.5. The Bertz CT molecular complexity index is 971. The summed E-state index contributed by atoms with van der Waals surface area (Å²) >= 11 is 11.9. The van der Waals surface area contributed by atoms with Crippen LogP contribution in [0.2, 0.25) is 10.0 Å². The topological polar surface area (TPSA) is 84.1 Å². The van der Waals surface area contributed by atoms with Crippen molar-refractivity contribution in [2.75, 3.05) is 6.61 Å². The maximum absolute atomic E-state index is 12.1. The number of amides is 1. The van der Waals surface area contributed by atoms with Gasteiger partial charge in [0.1, 0.15) is 0 Å². The second-order valence-corrected chi connectivity index (χ2v) is 6.47. The average Bonchev–Trinajstić information content (AvgIpc) is 3.06. The highest BCUT2D eigenvalue weighted by Gasteiger charge is 2.18. The maximum atomic E-state index is 12.1. The molecule has 0 aliphatic heterocycles. The molecule has 1 aromatic heterocycles. The van der Waals surface area contributed by atoms with Gasteiger partial charge in [0.2, 0.25) is 0 Å². The first kappa shape index (κ1) is 18.2. The molecule has 0 unspecified atom stereocenters. The number of hydrogen-bond acceptors (Lipinski definition) is 4. The molecule has 26 heavy (non-hydrogen) atoms. The van der Waals surface area contributed by atoms with Crippen LogP contribution in [-0.4, -0.2) is 28.7 Å². The number of aromatic nitrogens is 2. The number of halogens is 2. The number of esters is 1. The van der Waals surface area contributed by atoms with Gasteiger partial charge in [0.05, 0.1) is 21.6 Å². The number of aromatic amines is 1. The summed E-state index contributed by atoms with van der Waals surface area (Å²) in [5.74, 6) is -1.10. The fourth-order valence-electron chi connectivity index (χ4n) is 2.47. The highest BCUT2D eigenvalue weighted by molar-refractivity contribution is 6.42. The van der Waals surface area contributed by atoms with E-state index in [0.717, 1.165) is 11.1 Å². The Morgan fingerprint density at radius 1 is 1.19 bits per heavy atom. The standard InChI is InChI=1S/C18H15Cl2N3O3/c1-10(11-6-7-13(19)14(20)8-11)21-16(24)9-26-18(25)17-12-4-2-3-5-15(12)22-23-17/h2-8,10H,9H2,1H3,(H,21,24)(H,22,23)/t10-/m1/s1. The molecular formula is C18H15Cl2N3O3. The fraction of sp³-hybridized carbons (Fsp3) is 0.167. The number of nitrogens with one attached hydrogen (secondary N) is 2. The first-order valence-corrected chi connectivity index (χ1v) is 8.56. The smallest absolute Gasteiger partial charge is 0.359 e. The lowest BCUT2D eigenvalue weighted by Crippen LogP contribution is -2.31. The van der Waals surface area contributed by atoms with E-state index in [0.29, 0.717) is 15.4 Å². The number of para-hydroxylation sites is 1. The molecule has 0 spiro atoms. The third-order valence-electron chi connectivity index (χ3n) is 3.82. The molecule has 0 aliphatic rings. The van der Waals surface area contributed by atoms with Crippen molar-refractivity contribution in [3.05, 3.63) is 63.8 Å². The number of benzene rings is 2. The Balaban J connectivity index is 1.58. The van der Waals surface area contributed by atoms with Crippen molar-refractivity contribution in [3.63, 3.8) is 0 Å². The predicted molar refractivity (Wildman–Crippen MR) is 99.4 cm³/mol. The van der Waals surface area contributed by atoms with Gasteiger partial charge in [-0.05, 0) is 30.7 Å². The van der Waals surface area contributed by atoms with Gasteiger partial charge in [-0.25, -0.2) is 4.79 Å². The van der Waals surface area contributed by atoms with Crippen LogP contribution >= 0.6 is 23.2 Å². The molecular weight excluding hydrogens is 377 g/mol. The van der Waals surface area contributed by atoms with Gasteiger partial charge in [0.25, 0.3) is 5.91 Å². The van der Waals surface area contributed by atoms with Gasteiger partial charge in [-0.2, -0.15) is 5.10 Å². The van der Waals surface area contributed by atoms with Crippen LogP contribution in [0.1, 0.15) is 29.0 Å². The molecule has 1 atom stereocenters. The van der Waals surface area contributed by atoms with Crippen LogP contribution in [-0.2, 0) is 9.53 Å². The number of nitrogens with zero attached hydrogens (tertiary/aromatic N) is 1. The Hall–Kier alpha value is -2.57. The van der Waals surface area contributed by atoms with E-state index >= 15 is 0 Å². The summed E-state index contributed by atoms with van der Waals surface area (Å²) in [6, 6.07) is 11.9. The van der Waals surface area contributed by atoms with Crippen molar-refractivity contribution >= 4 is 46.0 Å². The van der Waals surface area contributed by atoms with Gasteiger partial charge in [-0.1, -0.05) is 47.5 Å². The summed E-state index contributed by atoms with van der Waals surface area (Å²) in [6.45, 7) is 1.38. The molecule has 6 nitrogen and oxygen atoms in total. The molecule has 8 heteroatoms. The molecule has 3 rings (SSSR count). The van der Waals surface area contributed by atoms with E-state index in [4.69, 9.17) is 27.9 Å². The van der Waals surface area contributed by atoms with Crippen molar-refractivity contribution < 1.29 is 14.3 Å². The summed E-state index contributed by atoms with van der Waals surface area (Å²) in [5.41, 5.74) is 1.65. The van der Waals surface area contributed by atoms with Crippen molar-refractivity contribution in [2.45, 2.75) is 13.0 Å². The minimum Gasteiger partial charge on any atom is -0.451 e. The number of carbonyl (C=O) groups is 2. The molecule has 2 N–H and O–H groups in total. The molecule has 0 saturated carbocycles. The second kappa shape index (κ2) is 7.76. The largest absolute Gasteiger partial charge is 0.451 e. The number of ether oxygens (including phenoxy) is 1. The zero-order valence-electron chi connectivity index (χ0n) is 13.8. The van der Waals surface area contributed by atoms with E-state index < -0.39 is 18.5 Å². The van der Waals surface area contributed by atoms with Crippen LogP contribution in [0, 0.1) is 0 Å². The summed E-state index contributed by atoms with van der Waals surface area (Å²) in [7, 11) is 0. The lowest BCUT2D eigenvalue weighted by atomic mass is 10.1. The Kier molecular flexibility index (Phi) is 5.44. The molecule has 1 amide bonds. The van der Waals surface area contributed by atoms with Crippen LogP contribution in [0.4, 0.5) is 0 Å². The second-order valence-electron chi connectivity index (χ2n) is 5.66. The zero-order valence-corrected chi connectivity index (χ0v) is 15.3. The zero-order chi connectivity index (χ0) is 18.7. The first-order chi connectivity index (χ1) is 12.5. The number of H-pyrrole nitrogens is 1. The molecule has 0 bridgehead atoms. The molecule has 2 aromatic carbocycles. The Morgan fingerprint density at radius 3 is 2.73 bits per heavy atom. The van der Waals surface area contributed by atoms with Crippen LogP contribution in [0.3, 0.4) is 0 Å². The van der Waals surface area contributed by atoms with Crippen molar-refractivity contribution in [1.29, 1.82) is 0 Å². The van der Waals surface area contributed by atoms with E-state index in [1.807, 2.05) is 6.07 Å². The minimum absolute atomic E-state index is 0.144. The number of fused-ring (bicyclic) bond motifs is 1. The summed E-state index contributed by atoms with van der Waals surface area (Å²) in [6.07, 6.45) is 0. The fourth-order valence-corrected chi connectivity index (χ4v) is 2.77. The maximum Gasteiger partial charge on any atom is 0.359 e. The lowest BCUT2D eigenvalue weighted by molar-refractivity contribution is -0.124. The SMILES string of the molecule is C[C@@H](NC(=O)COC(=O)c1n[nH]c2ccccc12)c1ccc(Cl)c(Cl)c1. The van der Waals surface area contributed by atoms with Crippen LogP contribution < -0.4 is 5.32 Å². The van der Waals surface area contributed by atoms with E-state index in [1.165, 1.54) is 0 Å². The third kappa shape index (κ3) is 3.98. The summed E-state index contributed by atoms with van der Waals surface area (Å²) in [5, 5.41) is 10.9. The van der Waals surface area contributed by atoms with Crippen molar-refractivity contribution in [3.8, 4) is 0 Å². The summed E-state index contributed by atoms with van der Waals surface area (Å²) in [4.78, 5) is 24.2. The summed E-state index contributed by atoms with van der Waals surface area (Å²) < 4.78 is 5.06. The Morgan fingerprint density at radius 2 is 1.96 bits per heavy atom. The molecule has 0 saturated heterocycles. The quantitative estimate of drug-likeness (QED) is 0.645. The molecule has 3 aromatic rings. The van der Waals surface area contributed by atoms with E-state index in [1.54, 1.807) is 43.3 Å². The normalized spacial score (nSPS) is 12.0. The number of hydrogen-bond donors (Lipinski definition) is 2. The molecule has 0 fully saturated rings. The van der Waals surface area contributed by atoms with Gasteiger partial charge in [0.15, 0.2) is 12.3 Å². The van der Waals surface area contributed by atoms with Crippen molar-refractivity contribution in [1.82, 2.24) is 15.5 Å². The van der Waals surface area contributed by atoms with Gasteiger partial charge in [-0.3, -0.25) is 9.89 Å². The van der Waals surface area contributed by atoms with Crippen LogP contribution in [0.15, 0.2) is 42.5 Å². The lowest BCUT2D eigenvalue weighted by Gasteiger charge is -2.15. The Labute approximate surface area is 159 Å². The van der Waals surface area contributed by atoms with E-state index in [-0.39, 0.29) is 11.7 Å². The molecule has 0 aliphatic carbocycles. The van der Waals surface area contributed by atoms with Gasteiger partial charge >= 0.3 is 5.97 Å². The minimum atomic E-state index is -0.667. The van der Waals surface area contributed by atoms with Crippen LogP contribution in [0.25, 0.3) is 10.9 Å². The average molecular weight is 392 g/mol. The first-order valence-electron chi connectivity index (χ1n) is 7.80. The third-order valence-corrected chi connectivity index (χ3v) is 4.56. The predicted octanol–water partition coefficient (Wildman–Crippen LogP) is 3.90. The number of rotatable bonds is 5.